The Kier molecular flexibility index (Phi) is 7.42. The minimum Gasteiger partial charge on any atom is -0.494 e. The normalized spacial score (nSPS) is 18.0. The van der Waals surface area contributed by atoms with Crippen molar-refractivity contribution in [2.45, 2.75) is 45.2 Å². The minimum atomic E-state index is -4.75. The maximum Gasteiger partial charge on any atom is 0.418 e. The second-order valence-corrected chi connectivity index (χ2v) is 8.98. The van der Waals surface area contributed by atoms with Crippen LogP contribution in [0.5, 0.6) is 11.5 Å². The highest BCUT2D eigenvalue weighted by molar-refractivity contribution is 6.30. The first-order valence-electron chi connectivity index (χ1n) is 11.8. The number of halogens is 4. The van der Waals surface area contributed by atoms with E-state index in [2.05, 4.69) is 6.07 Å². The van der Waals surface area contributed by atoms with Crippen molar-refractivity contribution in [3.05, 3.63) is 75.2 Å². The molecule has 0 saturated carbocycles. The Balaban J connectivity index is 2.03. The van der Waals surface area contributed by atoms with Crippen molar-refractivity contribution in [3.8, 4) is 17.6 Å². The first kappa shape index (κ1) is 26.4. The summed E-state index contributed by atoms with van der Waals surface area (Å²) in [4.78, 5) is 14.6. The highest BCUT2D eigenvalue weighted by Crippen LogP contribution is 2.50. The second-order valence-electron chi connectivity index (χ2n) is 8.54. The zero-order valence-corrected chi connectivity index (χ0v) is 21.0. The Morgan fingerprint density at radius 1 is 1.14 bits per heavy atom. The highest BCUT2D eigenvalue weighted by atomic mass is 35.5. The Bertz CT molecular complexity index is 1340. The summed E-state index contributed by atoms with van der Waals surface area (Å²) in [6, 6.07) is 10.5. The van der Waals surface area contributed by atoms with Gasteiger partial charge < -0.3 is 15.2 Å². The maximum absolute atomic E-state index is 14.1. The van der Waals surface area contributed by atoms with Crippen LogP contribution in [0.25, 0.3) is 0 Å². The number of hydrogen-bond donors (Lipinski definition) is 1. The number of anilines is 1. The van der Waals surface area contributed by atoms with Gasteiger partial charge in [-0.1, -0.05) is 11.6 Å². The molecule has 0 fully saturated rings. The number of ketones is 1. The molecule has 6 nitrogen and oxygen atoms in total. The van der Waals surface area contributed by atoms with Crippen LogP contribution in [0.15, 0.2) is 59.1 Å². The van der Waals surface area contributed by atoms with E-state index < -0.39 is 17.7 Å². The van der Waals surface area contributed by atoms with Crippen molar-refractivity contribution in [1.82, 2.24) is 0 Å². The number of Topliss-reactive ketones (excluding diaryl/α,β-unsaturated/α-hetero) is 1. The molecule has 1 aliphatic heterocycles. The number of allylic oxidation sites excluding steroid dienone is 3. The van der Waals surface area contributed by atoms with Crippen LogP contribution in [0, 0.1) is 11.3 Å². The van der Waals surface area contributed by atoms with Crippen LogP contribution in [0.4, 0.5) is 18.9 Å². The predicted octanol–water partition coefficient (Wildman–Crippen LogP) is 6.46. The van der Waals surface area contributed by atoms with E-state index >= 15 is 0 Å². The zero-order valence-electron chi connectivity index (χ0n) is 20.3. The van der Waals surface area contributed by atoms with Crippen molar-refractivity contribution < 1.29 is 27.4 Å². The Morgan fingerprint density at radius 3 is 2.51 bits per heavy atom. The van der Waals surface area contributed by atoms with Crippen LogP contribution in [-0.4, -0.2) is 19.0 Å². The Hall–Kier alpha value is -3.64. The summed E-state index contributed by atoms with van der Waals surface area (Å²) >= 11 is 5.90. The molecule has 1 aliphatic carbocycles. The molecule has 1 atom stereocenters. The van der Waals surface area contributed by atoms with Crippen molar-refractivity contribution in [3.63, 3.8) is 0 Å². The van der Waals surface area contributed by atoms with Crippen molar-refractivity contribution >= 4 is 23.1 Å². The van der Waals surface area contributed by atoms with Gasteiger partial charge in [0.15, 0.2) is 5.78 Å². The number of benzene rings is 2. The van der Waals surface area contributed by atoms with Crippen LogP contribution >= 0.6 is 11.6 Å². The van der Waals surface area contributed by atoms with Gasteiger partial charge in [0, 0.05) is 28.3 Å². The number of carbonyl (C=O) groups excluding carboxylic acids is 1. The molecule has 0 amide bonds. The first-order valence-corrected chi connectivity index (χ1v) is 12.2. The fraction of sp³-hybridized carbons (Fsp3) is 0.333. The summed E-state index contributed by atoms with van der Waals surface area (Å²) in [5.41, 5.74) is 6.17. The smallest absolute Gasteiger partial charge is 0.418 e. The number of nitrogens with two attached hydrogens (primary N) is 1. The van der Waals surface area contributed by atoms with E-state index in [4.69, 9.17) is 26.8 Å². The third kappa shape index (κ3) is 4.86. The van der Waals surface area contributed by atoms with E-state index in [1.165, 1.54) is 17.0 Å². The fourth-order valence-corrected chi connectivity index (χ4v) is 5.07. The average Bonchev–Trinajstić information content (AvgIpc) is 2.85. The molecule has 1 unspecified atom stereocenters. The number of ether oxygens (including phenoxy) is 2. The molecule has 0 radical (unpaired) electrons. The topological polar surface area (TPSA) is 88.6 Å². The molecule has 0 saturated heterocycles. The van der Waals surface area contributed by atoms with Gasteiger partial charge in [-0.3, -0.25) is 9.69 Å². The molecule has 0 spiro atoms. The van der Waals surface area contributed by atoms with Crippen molar-refractivity contribution in [1.29, 1.82) is 5.26 Å². The highest BCUT2D eigenvalue weighted by Gasteiger charge is 2.44. The summed E-state index contributed by atoms with van der Waals surface area (Å²) in [5.74, 6) is -0.437. The summed E-state index contributed by atoms with van der Waals surface area (Å²) in [7, 11) is 0. The molecular formula is C27H25ClF3N3O3. The van der Waals surface area contributed by atoms with Gasteiger partial charge >= 0.3 is 6.18 Å². The molecule has 0 bridgehead atoms. The molecule has 2 aliphatic rings. The van der Waals surface area contributed by atoms with Crippen molar-refractivity contribution in [2.24, 2.45) is 5.73 Å². The molecule has 1 heterocycles. The molecule has 2 N–H and O–H groups in total. The van der Waals surface area contributed by atoms with E-state index in [0.717, 1.165) is 6.07 Å². The second kappa shape index (κ2) is 10.4. The van der Waals surface area contributed by atoms with E-state index in [0.29, 0.717) is 48.8 Å². The van der Waals surface area contributed by atoms with Gasteiger partial charge in [-0.15, -0.1) is 0 Å². The standard InChI is InChI=1S/C27H25ClF3N3O3/c1-3-36-16-9-11-23(37-4-2)17(13-16)24-18(14-32)26(33)34(21-6-5-7-22(35)25(21)24)20-10-8-15(28)12-19(20)27(29,30)31/h8-13,24H,3-7,33H2,1-2H3. The van der Waals surface area contributed by atoms with Gasteiger partial charge in [-0.05, 0) is 63.1 Å². The molecule has 2 aromatic rings. The number of nitriles is 1. The van der Waals surface area contributed by atoms with E-state index in [9.17, 15) is 23.2 Å². The molecule has 37 heavy (non-hydrogen) atoms. The van der Waals surface area contributed by atoms with Crippen molar-refractivity contribution in [2.75, 3.05) is 18.1 Å². The predicted molar refractivity (Wildman–Crippen MR) is 133 cm³/mol. The number of carbonyl (C=O) groups is 1. The minimum absolute atomic E-state index is 0.0494. The zero-order chi connectivity index (χ0) is 26.9. The van der Waals surface area contributed by atoms with E-state index in [1.54, 1.807) is 25.1 Å². The molecule has 194 valence electrons. The van der Waals surface area contributed by atoms with Gasteiger partial charge in [0.25, 0.3) is 0 Å². The lowest BCUT2D eigenvalue weighted by atomic mass is 9.75. The number of hydrogen-bond acceptors (Lipinski definition) is 6. The lowest BCUT2D eigenvalue weighted by Crippen LogP contribution is -2.39. The maximum atomic E-state index is 14.1. The van der Waals surface area contributed by atoms with Crippen LogP contribution in [0.2, 0.25) is 5.02 Å². The van der Waals surface area contributed by atoms with E-state index in [1.807, 2.05) is 6.92 Å². The lowest BCUT2D eigenvalue weighted by Gasteiger charge is -2.40. The van der Waals surface area contributed by atoms with Gasteiger partial charge in [-0.25, -0.2) is 0 Å². The Morgan fingerprint density at radius 2 is 1.86 bits per heavy atom. The van der Waals surface area contributed by atoms with Gasteiger partial charge in [0.05, 0.1) is 42.0 Å². The molecular weight excluding hydrogens is 507 g/mol. The van der Waals surface area contributed by atoms with Crippen LogP contribution in [0.3, 0.4) is 0 Å². The number of rotatable bonds is 6. The first-order chi connectivity index (χ1) is 17.6. The summed E-state index contributed by atoms with van der Waals surface area (Å²) in [6.45, 7) is 4.33. The van der Waals surface area contributed by atoms with Gasteiger partial charge in [-0.2, -0.15) is 18.4 Å². The number of alkyl halides is 3. The van der Waals surface area contributed by atoms with Crippen LogP contribution in [0.1, 0.15) is 50.2 Å². The summed E-state index contributed by atoms with van der Waals surface area (Å²) in [6.07, 6.45) is -3.82. The lowest BCUT2D eigenvalue weighted by molar-refractivity contribution is -0.137. The SMILES string of the molecule is CCOc1ccc(OCC)c(C2C(C#N)=C(N)N(c3ccc(Cl)cc3C(F)(F)F)C3=C2C(=O)CCC3)c1. The van der Waals surface area contributed by atoms with Crippen LogP contribution < -0.4 is 20.1 Å². The van der Waals surface area contributed by atoms with E-state index in [-0.39, 0.29) is 39.9 Å². The molecule has 10 heteroatoms. The molecule has 0 aromatic heterocycles. The molecule has 4 rings (SSSR count). The fourth-order valence-electron chi connectivity index (χ4n) is 4.90. The monoisotopic (exact) mass is 531 g/mol. The van der Waals surface area contributed by atoms with Crippen LogP contribution in [-0.2, 0) is 11.0 Å². The average molecular weight is 532 g/mol. The largest absolute Gasteiger partial charge is 0.494 e. The molecule has 2 aromatic carbocycles. The Labute approximate surface area is 217 Å². The third-order valence-corrected chi connectivity index (χ3v) is 6.56. The summed E-state index contributed by atoms with van der Waals surface area (Å²) < 4.78 is 53.7. The number of nitrogens with zero attached hydrogens (tertiary/aromatic N) is 2. The quantitative estimate of drug-likeness (QED) is 0.460. The van der Waals surface area contributed by atoms with Gasteiger partial charge in [0.2, 0.25) is 0 Å². The summed E-state index contributed by atoms with van der Waals surface area (Å²) in [5, 5.41) is 10.1. The third-order valence-electron chi connectivity index (χ3n) is 6.32. The van der Waals surface area contributed by atoms with Gasteiger partial charge in [0.1, 0.15) is 17.3 Å².